The zero-order valence-electron chi connectivity index (χ0n) is 14.3. The first-order chi connectivity index (χ1) is 12.8. The minimum Gasteiger partial charge on any atom is -0.354 e. The van der Waals surface area contributed by atoms with Gasteiger partial charge in [0.15, 0.2) is 0 Å². The molecule has 0 spiro atoms. The first kappa shape index (κ1) is 19.7. The van der Waals surface area contributed by atoms with Crippen molar-refractivity contribution in [2.75, 3.05) is 6.54 Å². The van der Waals surface area contributed by atoms with Gasteiger partial charge in [-0.05, 0) is 43.2 Å². The molecule has 1 aliphatic rings. The highest BCUT2D eigenvalue weighted by molar-refractivity contribution is 6.43. The highest BCUT2D eigenvalue weighted by atomic mass is 35.5. The lowest BCUT2D eigenvalue weighted by atomic mass is 10.1. The Morgan fingerprint density at radius 1 is 1.04 bits per heavy atom. The molecule has 2 aromatic carbocycles. The molecule has 0 bridgehead atoms. The Balaban J connectivity index is 1.66. The molecule has 3 rings (SSSR count). The molecule has 2 aromatic rings. The van der Waals surface area contributed by atoms with Gasteiger partial charge in [0.05, 0.1) is 21.2 Å². The van der Waals surface area contributed by atoms with Crippen LogP contribution < -0.4 is 5.32 Å². The standard InChI is InChI=1S/C19H15Cl3N2O3/c1-10(17(25)23-6-5-11-3-2-4-12(20)7-11)24-18(26)13-8-15(21)16(22)9-14(13)19(24)27/h2-4,7-10H,5-6H2,1H3,(H,23,25). The zero-order valence-corrected chi connectivity index (χ0v) is 16.5. The number of carbonyl (C=O) groups is 3. The number of carbonyl (C=O) groups excluding carboxylic acids is 3. The number of hydrogen-bond acceptors (Lipinski definition) is 3. The quantitative estimate of drug-likeness (QED) is 0.737. The van der Waals surface area contributed by atoms with Crippen LogP contribution in [0.1, 0.15) is 33.2 Å². The van der Waals surface area contributed by atoms with Crippen molar-refractivity contribution >= 4 is 52.5 Å². The minimum absolute atomic E-state index is 0.146. The van der Waals surface area contributed by atoms with Crippen LogP contribution in [0.3, 0.4) is 0 Å². The van der Waals surface area contributed by atoms with Crippen molar-refractivity contribution in [1.29, 1.82) is 0 Å². The van der Waals surface area contributed by atoms with Crippen molar-refractivity contribution < 1.29 is 14.4 Å². The largest absolute Gasteiger partial charge is 0.354 e. The fourth-order valence-corrected chi connectivity index (χ4v) is 3.43. The van der Waals surface area contributed by atoms with E-state index in [4.69, 9.17) is 34.8 Å². The topological polar surface area (TPSA) is 66.5 Å². The molecule has 0 aromatic heterocycles. The number of imide groups is 1. The van der Waals surface area contributed by atoms with Crippen LogP contribution >= 0.6 is 34.8 Å². The SMILES string of the molecule is CC(C(=O)NCCc1cccc(Cl)c1)N1C(=O)c2cc(Cl)c(Cl)cc2C1=O. The number of hydrogen-bond donors (Lipinski definition) is 1. The summed E-state index contributed by atoms with van der Waals surface area (Å²) in [6, 6.07) is 9.05. The van der Waals surface area contributed by atoms with Crippen LogP contribution in [-0.4, -0.2) is 35.2 Å². The summed E-state index contributed by atoms with van der Waals surface area (Å²) in [6.07, 6.45) is 0.576. The number of nitrogens with zero attached hydrogens (tertiary/aromatic N) is 1. The maximum absolute atomic E-state index is 12.6. The Hall–Kier alpha value is -2.08. The van der Waals surface area contributed by atoms with E-state index in [1.807, 2.05) is 18.2 Å². The van der Waals surface area contributed by atoms with E-state index in [0.29, 0.717) is 18.0 Å². The van der Waals surface area contributed by atoms with Crippen molar-refractivity contribution in [1.82, 2.24) is 10.2 Å². The van der Waals surface area contributed by atoms with E-state index in [2.05, 4.69) is 5.32 Å². The maximum Gasteiger partial charge on any atom is 0.262 e. The van der Waals surface area contributed by atoms with Crippen molar-refractivity contribution in [3.63, 3.8) is 0 Å². The van der Waals surface area contributed by atoms with Gasteiger partial charge in [-0.3, -0.25) is 19.3 Å². The Morgan fingerprint density at radius 3 is 2.19 bits per heavy atom. The fraction of sp³-hybridized carbons (Fsp3) is 0.211. The van der Waals surface area contributed by atoms with E-state index in [1.165, 1.54) is 19.1 Å². The Kier molecular flexibility index (Phi) is 5.75. The molecule has 3 amide bonds. The van der Waals surface area contributed by atoms with Crippen molar-refractivity contribution in [2.45, 2.75) is 19.4 Å². The average molecular weight is 426 g/mol. The minimum atomic E-state index is -0.964. The summed E-state index contributed by atoms with van der Waals surface area (Å²) in [5, 5.41) is 3.71. The molecule has 0 radical (unpaired) electrons. The van der Waals surface area contributed by atoms with Gasteiger partial charge in [0.1, 0.15) is 6.04 Å². The fourth-order valence-electron chi connectivity index (χ4n) is 2.89. The summed E-state index contributed by atoms with van der Waals surface area (Å²) in [5.41, 5.74) is 1.27. The van der Waals surface area contributed by atoms with Gasteiger partial charge < -0.3 is 5.32 Å². The predicted molar refractivity (Wildman–Crippen MR) is 105 cm³/mol. The molecular formula is C19H15Cl3N2O3. The van der Waals surface area contributed by atoms with Crippen LogP contribution in [0, 0.1) is 0 Å². The zero-order chi connectivity index (χ0) is 19.7. The Morgan fingerprint density at radius 2 is 1.63 bits per heavy atom. The molecular weight excluding hydrogens is 411 g/mol. The monoisotopic (exact) mass is 424 g/mol. The Bertz CT molecular complexity index is 905. The summed E-state index contributed by atoms with van der Waals surface area (Å²) in [7, 11) is 0. The second kappa shape index (κ2) is 7.89. The van der Waals surface area contributed by atoms with Crippen molar-refractivity contribution in [3.8, 4) is 0 Å². The van der Waals surface area contributed by atoms with Gasteiger partial charge in [-0.25, -0.2) is 0 Å². The molecule has 1 aliphatic heterocycles. The van der Waals surface area contributed by atoms with Gasteiger partial charge >= 0.3 is 0 Å². The van der Waals surface area contributed by atoms with E-state index >= 15 is 0 Å². The van der Waals surface area contributed by atoms with E-state index in [9.17, 15) is 14.4 Å². The number of fused-ring (bicyclic) bond motifs is 1. The van der Waals surface area contributed by atoms with Gasteiger partial charge in [0.2, 0.25) is 5.91 Å². The Labute approximate surface area is 171 Å². The first-order valence-electron chi connectivity index (χ1n) is 8.18. The smallest absolute Gasteiger partial charge is 0.262 e. The van der Waals surface area contributed by atoms with Gasteiger partial charge in [-0.1, -0.05) is 46.9 Å². The van der Waals surface area contributed by atoms with Crippen molar-refractivity contribution in [3.05, 3.63) is 68.2 Å². The lowest BCUT2D eigenvalue weighted by Gasteiger charge is -2.21. The molecule has 0 aliphatic carbocycles. The molecule has 5 nitrogen and oxygen atoms in total. The average Bonchev–Trinajstić information content (AvgIpc) is 2.85. The van der Waals surface area contributed by atoms with E-state index in [-0.39, 0.29) is 21.2 Å². The van der Waals surface area contributed by atoms with Crippen LogP contribution in [-0.2, 0) is 11.2 Å². The molecule has 0 fully saturated rings. The van der Waals surface area contributed by atoms with Crippen LogP contribution in [0.25, 0.3) is 0 Å². The van der Waals surface area contributed by atoms with Crippen LogP contribution in [0.5, 0.6) is 0 Å². The normalized spacial score (nSPS) is 14.3. The number of halogens is 3. The van der Waals surface area contributed by atoms with Gasteiger partial charge in [-0.2, -0.15) is 0 Å². The molecule has 0 saturated heterocycles. The third kappa shape index (κ3) is 3.95. The third-order valence-electron chi connectivity index (χ3n) is 4.33. The van der Waals surface area contributed by atoms with E-state index < -0.39 is 23.8 Å². The summed E-state index contributed by atoms with van der Waals surface area (Å²) in [5.74, 6) is -1.55. The second-order valence-corrected chi connectivity index (χ2v) is 7.39. The number of benzene rings is 2. The van der Waals surface area contributed by atoms with Gasteiger partial charge in [-0.15, -0.1) is 0 Å². The molecule has 1 N–H and O–H groups in total. The predicted octanol–water partition coefficient (Wildman–Crippen LogP) is 3.99. The molecule has 27 heavy (non-hydrogen) atoms. The molecule has 1 unspecified atom stereocenters. The van der Waals surface area contributed by atoms with Crippen molar-refractivity contribution in [2.24, 2.45) is 0 Å². The second-order valence-electron chi connectivity index (χ2n) is 6.14. The highest BCUT2D eigenvalue weighted by Crippen LogP contribution is 2.32. The number of nitrogens with one attached hydrogen (secondary N) is 1. The molecule has 1 atom stereocenters. The lowest BCUT2D eigenvalue weighted by molar-refractivity contribution is -0.124. The molecule has 0 saturated carbocycles. The van der Waals surface area contributed by atoms with E-state index in [0.717, 1.165) is 10.5 Å². The molecule has 1 heterocycles. The number of rotatable bonds is 5. The van der Waals surface area contributed by atoms with Crippen LogP contribution in [0.15, 0.2) is 36.4 Å². The van der Waals surface area contributed by atoms with Crippen LogP contribution in [0.4, 0.5) is 0 Å². The third-order valence-corrected chi connectivity index (χ3v) is 5.28. The highest BCUT2D eigenvalue weighted by Gasteiger charge is 2.41. The van der Waals surface area contributed by atoms with E-state index in [1.54, 1.807) is 6.07 Å². The summed E-state index contributed by atoms with van der Waals surface area (Å²) in [6.45, 7) is 1.85. The summed E-state index contributed by atoms with van der Waals surface area (Å²) >= 11 is 17.8. The maximum atomic E-state index is 12.6. The molecule has 8 heteroatoms. The van der Waals surface area contributed by atoms with Gasteiger partial charge in [0, 0.05) is 11.6 Å². The summed E-state index contributed by atoms with van der Waals surface area (Å²) < 4.78 is 0. The number of amides is 3. The molecule has 140 valence electrons. The lowest BCUT2D eigenvalue weighted by Crippen LogP contribution is -2.48. The summed E-state index contributed by atoms with van der Waals surface area (Å²) in [4.78, 5) is 38.5. The van der Waals surface area contributed by atoms with Gasteiger partial charge in [0.25, 0.3) is 11.8 Å². The van der Waals surface area contributed by atoms with Crippen LogP contribution in [0.2, 0.25) is 15.1 Å². The first-order valence-corrected chi connectivity index (χ1v) is 9.32.